The summed E-state index contributed by atoms with van der Waals surface area (Å²) < 4.78 is 51.1. The lowest BCUT2D eigenvalue weighted by atomic mass is 10.3. The van der Waals surface area contributed by atoms with Gasteiger partial charge in [0.15, 0.2) is 0 Å². The molecule has 1 aromatic carbocycles. The lowest BCUT2D eigenvalue weighted by Crippen LogP contribution is -2.31. The zero-order chi connectivity index (χ0) is 13.6. The molecule has 4 nitrogen and oxygen atoms in total. The van der Waals surface area contributed by atoms with Crippen molar-refractivity contribution in [3.8, 4) is 0 Å². The summed E-state index contributed by atoms with van der Waals surface area (Å²) in [7, 11) is -4.02. The van der Waals surface area contributed by atoms with E-state index in [0.717, 1.165) is 4.31 Å². The van der Waals surface area contributed by atoms with Gasteiger partial charge in [0.2, 0.25) is 10.0 Å². The molecule has 0 unspecified atom stereocenters. The molecule has 1 fully saturated rings. The lowest BCUT2D eigenvalue weighted by Gasteiger charge is -2.17. The number of benzene rings is 1. The van der Waals surface area contributed by atoms with E-state index in [1.807, 2.05) is 0 Å². The first-order valence-electron chi connectivity index (χ1n) is 5.15. The quantitative estimate of drug-likeness (QED) is 0.849. The minimum absolute atomic E-state index is 0.0283. The number of nitrogens with zero attached hydrogens (tertiary/aromatic N) is 1. The molecule has 0 amide bonds. The highest BCUT2D eigenvalue weighted by Gasteiger charge is 2.44. The van der Waals surface area contributed by atoms with Crippen molar-refractivity contribution in [3.63, 3.8) is 0 Å². The van der Waals surface area contributed by atoms with Gasteiger partial charge in [-0.15, -0.1) is 0 Å². The molecule has 0 aliphatic carbocycles. The molecular formula is C10H11ClF2N2O2S. The second-order valence-corrected chi connectivity index (χ2v) is 6.45. The molecule has 100 valence electrons. The molecule has 0 atom stereocenters. The predicted molar refractivity (Wildman–Crippen MR) is 64.2 cm³/mol. The Morgan fingerprint density at radius 2 is 2.06 bits per heavy atom. The molecule has 1 heterocycles. The van der Waals surface area contributed by atoms with E-state index in [2.05, 4.69) is 0 Å². The Labute approximate surface area is 108 Å². The molecule has 2 rings (SSSR count). The molecule has 0 bridgehead atoms. The van der Waals surface area contributed by atoms with Gasteiger partial charge in [-0.25, -0.2) is 17.2 Å². The fourth-order valence-electron chi connectivity index (χ4n) is 1.77. The maximum atomic E-state index is 13.1. The Morgan fingerprint density at radius 3 is 2.61 bits per heavy atom. The van der Waals surface area contributed by atoms with Crippen molar-refractivity contribution >= 4 is 27.3 Å². The van der Waals surface area contributed by atoms with Gasteiger partial charge in [-0.1, -0.05) is 11.6 Å². The number of rotatable bonds is 2. The summed E-state index contributed by atoms with van der Waals surface area (Å²) in [6.07, 6.45) is -0.480. The number of anilines is 1. The van der Waals surface area contributed by atoms with Gasteiger partial charge in [-0.2, -0.15) is 4.31 Å². The van der Waals surface area contributed by atoms with Crippen molar-refractivity contribution in [2.24, 2.45) is 0 Å². The van der Waals surface area contributed by atoms with Gasteiger partial charge >= 0.3 is 0 Å². The van der Waals surface area contributed by atoms with Crippen LogP contribution < -0.4 is 5.73 Å². The largest absolute Gasteiger partial charge is 0.399 e. The number of sulfonamides is 1. The Morgan fingerprint density at radius 1 is 1.39 bits per heavy atom. The molecular weight excluding hydrogens is 286 g/mol. The molecule has 0 saturated carbocycles. The molecule has 1 aromatic rings. The van der Waals surface area contributed by atoms with Crippen molar-refractivity contribution in [3.05, 3.63) is 23.2 Å². The van der Waals surface area contributed by atoms with Crippen LogP contribution in [0.2, 0.25) is 5.02 Å². The molecule has 18 heavy (non-hydrogen) atoms. The van der Waals surface area contributed by atoms with E-state index in [1.54, 1.807) is 0 Å². The first kappa shape index (κ1) is 13.5. The minimum atomic E-state index is -4.02. The Kier molecular flexibility index (Phi) is 3.25. The normalized spacial score (nSPS) is 20.2. The van der Waals surface area contributed by atoms with E-state index >= 15 is 0 Å². The zero-order valence-corrected chi connectivity index (χ0v) is 10.8. The third-order valence-corrected chi connectivity index (χ3v) is 5.03. The SMILES string of the molecule is Nc1ccc(Cl)c(S(=O)(=O)N2CCC(F)(F)C2)c1. The van der Waals surface area contributed by atoms with Crippen LogP contribution in [-0.4, -0.2) is 31.7 Å². The Balaban J connectivity index is 2.40. The van der Waals surface area contributed by atoms with Crippen molar-refractivity contribution in [1.82, 2.24) is 4.31 Å². The van der Waals surface area contributed by atoms with E-state index in [1.165, 1.54) is 18.2 Å². The third-order valence-electron chi connectivity index (χ3n) is 2.71. The lowest BCUT2D eigenvalue weighted by molar-refractivity contribution is 0.0183. The average Bonchev–Trinajstić information content (AvgIpc) is 2.63. The van der Waals surface area contributed by atoms with Crippen LogP contribution in [0.25, 0.3) is 0 Å². The van der Waals surface area contributed by atoms with Crippen molar-refractivity contribution in [1.29, 1.82) is 0 Å². The summed E-state index contributed by atoms with van der Waals surface area (Å²) in [5.41, 5.74) is 5.70. The smallest absolute Gasteiger partial charge is 0.262 e. The number of hydrogen-bond donors (Lipinski definition) is 1. The summed E-state index contributed by atoms with van der Waals surface area (Å²) >= 11 is 5.78. The highest BCUT2D eigenvalue weighted by Crippen LogP contribution is 2.33. The molecule has 0 radical (unpaired) electrons. The highest BCUT2D eigenvalue weighted by molar-refractivity contribution is 7.89. The van der Waals surface area contributed by atoms with Crippen molar-refractivity contribution in [2.75, 3.05) is 18.8 Å². The Hall–Kier alpha value is -0.920. The van der Waals surface area contributed by atoms with Gasteiger partial charge in [0.25, 0.3) is 5.92 Å². The summed E-state index contributed by atoms with van der Waals surface area (Å²) in [6, 6.07) is 3.95. The number of nitrogen functional groups attached to an aromatic ring is 1. The van der Waals surface area contributed by atoms with Gasteiger partial charge in [-0.05, 0) is 18.2 Å². The first-order valence-corrected chi connectivity index (χ1v) is 6.97. The monoisotopic (exact) mass is 296 g/mol. The van der Waals surface area contributed by atoms with Crippen LogP contribution in [0, 0.1) is 0 Å². The maximum Gasteiger partial charge on any atom is 0.262 e. The van der Waals surface area contributed by atoms with Crippen LogP contribution >= 0.6 is 11.6 Å². The van der Waals surface area contributed by atoms with Gasteiger partial charge in [0.1, 0.15) is 4.90 Å². The van der Waals surface area contributed by atoms with Crippen molar-refractivity contribution in [2.45, 2.75) is 17.2 Å². The van der Waals surface area contributed by atoms with E-state index in [4.69, 9.17) is 17.3 Å². The fourth-order valence-corrected chi connectivity index (χ4v) is 3.74. The molecule has 8 heteroatoms. The van der Waals surface area contributed by atoms with Gasteiger partial charge < -0.3 is 5.73 Å². The second-order valence-electron chi connectivity index (χ2n) is 4.13. The molecule has 0 aromatic heterocycles. The van der Waals surface area contributed by atoms with Gasteiger partial charge in [0, 0.05) is 18.7 Å². The molecule has 1 aliphatic rings. The fraction of sp³-hybridized carbons (Fsp3) is 0.400. The summed E-state index contributed by atoms with van der Waals surface area (Å²) in [6.45, 7) is -1.04. The van der Waals surface area contributed by atoms with E-state index in [-0.39, 0.29) is 22.2 Å². The van der Waals surface area contributed by atoms with Gasteiger partial charge in [-0.3, -0.25) is 0 Å². The molecule has 1 aliphatic heterocycles. The van der Waals surface area contributed by atoms with E-state index in [9.17, 15) is 17.2 Å². The highest BCUT2D eigenvalue weighted by atomic mass is 35.5. The summed E-state index contributed by atoms with van der Waals surface area (Å²) in [5, 5.41) is -0.0283. The van der Waals surface area contributed by atoms with Crippen LogP contribution in [0.1, 0.15) is 6.42 Å². The topological polar surface area (TPSA) is 63.4 Å². The third kappa shape index (κ3) is 2.43. The van der Waals surface area contributed by atoms with Crippen LogP contribution in [0.15, 0.2) is 23.1 Å². The van der Waals surface area contributed by atoms with Crippen LogP contribution in [-0.2, 0) is 10.0 Å². The number of nitrogens with two attached hydrogens (primary N) is 1. The number of hydrogen-bond acceptors (Lipinski definition) is 3. The minimum Gasteiger partial charge on any atom is -0.399 e. The molecule has 1 saturated heterocycles. The first-order chi connectivity index (χ1) is 8.22. The summed E-state index contributed by atoms with van der Waals surface area (Å²) in [4.78, 5) is -0.234. The molecule has 2 N–H and O–H groups in total. The van der Waals surface area contributed by atoms with Crippen LogP contribution in [0.4, 0.5) is 14.5 Å². The van der Waals surface area contributed by atoms with Crippen molar-refractivity contribution < 1.29 is 17.2 Å². The number of halogens is 3. The zero-order valence-electron chi connectivity index (χ0n) is 9.24. The van der Waals surface area contributed by atoms with Gasteiger partial charge in [0.05, 0.1) is 11.6 Å². The predicted octanol–water partition coefficient (Wildman–Crippen LogP) is 1.95. The van der Waals surface area contributed by atoms with Crippen LogP contribution in [0.5, 0.6) is 0 Å². The van der Waals surface area contributed by atoms with E-state index in [0.29, 0.717) is 0 Å². The van der Waals surface area contributed by atoms with E-state index < -0.39 is 28.9 Å². The summed E-state index contributed by atoms with van der Waals surface area (Å²) in [5.74, 6) is -2.99. The number of alkyl halides is 2. The Bertz CT molecular complexity index is 577. The maximum absolute atomic E-state index is 13.1. The van der Waals surface area contributed by atoms with Crippen LogP contribution in [0.3, 0.4) is 0 Å². The second kappa shape index (κ2) is 4.32. The molecule has 0 spiro atoms. The average molecular weight is 297 g/mol. The standard InChI is InChI=1S/C10H11ClF2N2O2S/c11-8-2-1-7(14)5-9(8)18(16,17)15-4-3-10(12,13)6-15/h1-2,5H,3-4,6,14H2.